The van der Waals surface area contributed by atoms with Gasteiger partial charge in [0.2, 0.25) is 5.82 Å². The Morgan fingerprint density at radius 3 is 2.78 bits per heavy atom. The van der Waals surface area contributed by atoms with E-state index in [1.807, 2.05) is 0 Å². The van der Waals surface area contributed by atoms with Gasteiger partial charge in [0.05, 0.1) is 18.2 Å². The Balaban J connectivity index is 1.94. The highest BCUT2D eigenvalue weighted by molar-refractivity contribution is 5.91. The number of para-hydroxylation sites is 1. The van der Waals surface area contributed by atoms with Crippen molar-refractivity contribution in [3.63, 3.8) is 0 Å². The van der Waals surface area contributed by atoms with Crippen molar-refractivity contribution in [1.82, 2.24) is 14.7 Å². The van der Waals surface area contributed by atoms with E-state index in [9.17, 15) is 14.3 Å². The van der Waals surface area contributed by atoms with Crippen molar-refractivity contribution in [1.29, 1.82) is 0 Å². The average Bonchev–Trinajstić information content (AvgIpc) is 3.16. The molecule has 1 N–H and O–H groups in total. The van der Waals surface area contributed by atoms with E-state index in [2.05, 4.69) is 10.1 Å². The Morgan fingerprint density at radius 2 is 2.00 bits per heavy atom. The fraction of sp³-hybridized carbons (Fsp3) is 0.105. The normalized spacial score (nSPS) is 11.1. The summed E-state index contributed by atoms with van der Waals surface area (Å²) in [5.41, 5.74) is 0.219. The average molecular weight is 367 g/mol. The van der Waals surface area contributed by atoms with E-state index in [0.717, 1.165) is 6.07 Å². The van der Waals surface area contributed by atoms with Gasteiger partial charge in [-0.3, -0.25) is 4.79 Å². The monoisotopic (exact) mass is 367 g/mol. The Morgan fingerprint density at radius 1 is 1.22 bits per heavy atom. The molecule has 4 rings (SSSR count). The fourth-order valence-corrected chi connectivity index (χ4v) is 2.96. The van der Waals surface area contributed by atoms with Crippen LogP contribution in [0.25, 0.3) is 33.7 Å². The molecule has 0 saturated carbocycles. The molecule has 0 aliphatic heterocycles. The maximum absolute atomic E-state index is 13.6. The Hall–Kier alpha value is -3.68. The zero-order valence-corrected chi connectivity index (χ0v) is 14.4. The number of aromatic hydroxyl groups is 1. The number of aryl methyl sites for hydroxylation is 1. The molecule has 4 aromatic rings. The summed E-state index contributed by atoms with van der Waals surface area (Å²) in [7, 11) is 3.03. The summed E-state index contributed by atoms with van der Waals surface area (Å²) in [6.45, 7) is 0. The number of hydrogen-bond acceptors (Lipinski definition) is 6. The summed E-state index contributed by atoms with van der Waals surface area (Å²) in [4.78, 5) is 16.9. The number of pyridine rings is 1. The lowest BCUT2D eigenvalue weighted by molar-refractivity contribution is 0.412. The lowest BCUT2D eigenvalue weighted by Crippen LogP contribution is -2.19. The van der Waals surface area contributed by atoms with Crippen LogP contribution in [0.4, 0.5) is 4.39 Å². The maximum Gasteiger partial charge on any atom is 0.267 e. The molecule has 8 heteroatoms. The van der Waals surface area contributed by atoms with Crippen LogP contribution in [-0.2, 0) is 7.05 Å². The van der Waals surface area contributed by atoms with Gasteiger partial charge in [0.15, 0.2) is 0 Å². The first-order valence-electron chi connectivity index (χ1n) is 8.00. The number of benzene rings is 2. The molecule has 2 aromatic carbocycles. The maximum atomic E-state index is 13.6. The summed E-state index contributed by atoms with van der Waals surface area (Å²) < 4.78 is 25.4. The quantitative estimate of drug-likeness (QED) is 0.598. The van der Waals surface area contributed by atoms with E-state index in [1.54, 1.807) is 24.3 Å². The Kier molecular flexibility index (Phi) is 3.88. The number of ether oxygens (including phenoxy) is 1. The fourth-order valence-electron chi connectivity index (χ4n) is 2.96. The number of hydrogen-bond donors (Lipinski definition) is 1. The van der Waals surface area contributed by atoms with Gasteiger partial charge in [-0.25, -0.2) is 4.39 Å². The first-order valence-corrected chi connectivity index (χ1v) is 8.00. The molecule has 0 aliphatic carbocycles. The molecule has 0 spiro atoms. The molecule has 0 fully saturated rings. The van der Waals surface area contributed by atoms with Gasteiger partial charge in [-0.15, -0.1) is 0 Å². The first kappa shape index (κ1) is 16.8. The van der Waals surface area contributed by atoms with E-state index in [0.29, 0.717) is 16.8 Å². The molecular formula is C19H14FN3O4. The van der Waals surface area contributed by atoms with E-state index < -0.39 is 17.1 Å². The summed E-state index contributed by atoms with van der Waals surface area (Å²) in [6, 6.07) is 10.8. The highest BCUT2D eigenvalue weighted by atomic mass is 19.1. The Bertz CT molecular complexity index is 1230. The molecule has 136 valence electrons. The minimum Gasteiger partial charge on any atom is -0.506 e. The molecule has 0 saturated heterocycles. The zero-order valence-electron chi connectivity index (χ0n) is 14.4. The molecular weight excluding hydrogens is 353 g/mol. The van der Waals surface area contributed by atoms with Crippen LogP contribution in [0.3, 0.4) is 0 Å². The number of halogens is 1. The van der Waals surface area contributed by atoms with Crippen LogP contribution < -0.4 is 10.3 Å². The SMILES string of the molecule is COc1ccccc1-c1noc(-c2c(O)c3cc(F)ccc3n(C)c2=O)n1. The Labute approximate surface area is 152 Å². The molecule has 0 atom stereocenters. The minimum atomic E-state index is -0.540. The second kappa shape index (κ2) is 6.24. The van der Waals surface area contributed by atoms with Crippen LogP contribution in [0.1, 0.15) is 0 Å². The molecule has 2 aromatic heterocycles. The number of nitrogens with zero attached hydrogens (tertiary/aromatic N) is 3. The molecule has 7 nitrogen and oxygen atoms in total. The number of methoxy groups -OCH3 is 1. The number of rotatable bonds is 3. The van der Waals surface area contributed by atoms with Crippen molar-refractivity contribution in [2.24, 2.45) is 7.05 Å². The van der Waals surface area contributed by atoms with Gasteiger partial charge in [-0.1, -0.05) is 17.3 Å². The molecule has 27 heavy (non-hydrogen) atoms. The van der Waals surface area contributed by atoms with Crippen LogP contribution in [0.15, 0.2) is 51.8 Å². The lowest BCUT2D eigenvalue weighted by atomic mass is 10.1. The van der Waals surface area contributed by atoms with Crippen molar-refractivity contribution >= 4 is 10.9 Å². The van der Waals surface area contributed by atoms with Gasteiger partial charge in [0, 0.05) is 12.4 Å². The largest absolute Gasteiger partial charge is 0.506 e. The van der Waals surface area contributed by atoms with Crippen LogP contribution in [0.2, 0.25) is 0 Å². The van der Waals surface area contributed by atoms with E-state index in [4.69, 9.17) is 9.26 Å². The van der Waals surface area contributed by atoms with Gasteiger partial charge in [0.1, 0.15) is 22.9 Å². The lowest BCUT2D eigenvalue weighted by Gasteiger charge is -2.09. The van der Waals surface area contributed by atoms with Crippen LogP contribution in [0.5, 0.6) is 11.5 Å². The third-order valence-corrected chi connectivity index (χ3v) is 4.32. The van der Waals surface area contributed by atoms with Crippen LogP contribution >= 0.6 is 0 Å². The van der Waals surface area contributed by atoms with Crippen LogP contribution in [0, 0.1) is 5.82 Å². The van der Waals surface area contributed by atoms with Crippen LogP contribution in [-0.4, -0.2) is 26.9 Å². The molecule has 2 heterocycles. The van der Waals surface area contributed by atoms with E-state index in [1.165, 1.54) is 30.9 Å². The van der Waals surface area contributed by atoms with Crippen molar-refractivity contribution in [2.45, 2.75) is 0 Å². The molecule has 0 amide bonds. The molecule has 0 bridgehead atoms. The van der Waals surface area contributed by atoms with E-state index >= 15 is 0 Å². The second-order valence-electron chi connectivity index (χ2n) is 5.87. The summed E-state index contributed by atoms with van der Waals surface area (Å²) in [6.07, 6.45) is 0. The van der Waals surface area contributed by atoms with Gasteiger partial charge in [0.25, 0.3) is 11.4 Å². The third kappa shape index (κ3) is 2.62. The van der Waals surface area contributed by atoms with Crippen molar-refractivity contribution in [3.8, 4) is 34.3 Å². The zero-order chi connectivity index (χ0) is 19.1. The topological polar surface area (TPSA) is 90.4 Å². The van der Waals surface area contributed by atoms with Gasteiger partial charge in [-0.05, 0) is 30.3 Å². The van der Waals surface area contributed by atoms with Gasteiger partial charge < -0.3 is 18.9 Å². The standard InChI is InChI=1S/C19H14FN3O4/c1-23-13-8-7-10(20)9-12(13)16(24)15(19(23)25)18-21-17(22-27-18)11-5-3-4-6-14(11)26-2/h3-9,24H,1-2H3. The van der Waals surface area contributed by atoms with Crippen molar-refractivity contribution in [3.05, 3.63) is 58.6 Å². The summed E-state index contributed by atoms with van der Waals surface area (Å²) in [5.74, 6) is -0.392. The van der Waals surface area contributed by atoms with E-state index in [-0.39, 0.29) is 22.7 Å². The molecule has 0 radical (unpaired) electrons. The van der Waals surface area contributed by atoms with Crippen molar-refractivity contribution < 1.29 is 18.8 Å². The van der Waals surface area contributed by atoms with Crippen molar-refractivity contribution in [2.75, 3.05) is 7.11 Å². The highest BCUT2D eigenvalue weighted by Crippen LogP contribution is 2.34. The summed E-state index contributed by atoms with van der Waals surface area (Å²) in [5, 5.41) is 14.6. The minimum absolute atomic E-state index is 0.167. The molecule has 0 aliphatic rings. The second-order valence-corrected chi connectivity index (χ2v) is 5.87. The highest BCUT2D eigenvalue weighted by Gasteiger charge is 2.23. The van der Waals surface area contributed by atoms with Gasteiger partial charge in [-0.2, -0.15) is 4.98 Å². The smallest absolute Gasteiger partial charge is 0.267 e. The number of fused-ring (bicyclic) bond motifs is 1. The predicted octanol–water partition coefficient (Wildman–Crippen LogP) is 3.11. The third-order valence-electron chi connectivity index (χ3n) is 4.32. The predicted molar refractivity (Wildman–Crippen MR) is 96.1 cm³/mol. The molecule has 0 unspecified atom stereocenters. The summed E-state index contributed by atoms with van der Waals surface area (Å²) >= 11 is 0. The number of aromatic nitrogens is 3. The first-order chi connectivity index (χ1) is 13.0. The van der Waals surface area contributed by atoms with Gasteiger partial charge >= 0.3 is 0 Å².